The third-order valence-corrected chi connectivity index (χ3v) is 4.62. The molecule has 1 aromatic heterocycles. The number of nitrogens with two attached hydrogens (primary N) is 1. The first-order valence-corrected chi connectivity index (χ1v) is 9.07. The Balaban J connectivity index is 1.70. The lowest BCUT2D eigenvalue weighted by molar-refractivity contribution is 0.0529. The lowest BCUT2D eigenvalue weighted by Gasteiger charge is -2.32. The number of anilines is 2. The van der Waals surface area contributed by atoms with Gasteiger partial charge in [-0.15, -0.1) is 0 Å². The van der Waals surface area contributed by atoms with Gasteiger partial charge >= 0.3 is 0 Å². The number of aromatic nitrogens is 1. The van der Waals surface area contributed by atoms with Gasteiger partial charge < -0.3 is 20.7 Å². The van der Waals surface area contributed by atoms with Crippen molar-refractivity contribution in [2.45, 2.75) is 19.6 Å². The first-order valence-electron chi connectivity index (χ1n) is 8.28. The Kier molecular flexibility index (Phi) is 5.73. The maximum atomic E-state index is 14.0. The molecule has 3 rings (SSSR count). The average Bonchev–Trinajstić information content (AvgIpc) is 2.59. The van der Waals surface area contributed by atoms with Gasteiger partial charge in [0.05, 0.1) is 24.0 Å². The third-order valence-electron chi connectivity index (χ3n) is 4.16. The fourth-order valence-corrected chi connectivity index (χ4v) is 3.33. The van der Waals surface area contributed by atoms with Gasteiger partial charge in [-0.05, 0) is 30.7 Å². The zero-order valence-electron chi connectivity index (χ0n) is 14.3. The van der Waals surface area contributed by atoms with Crippen molar-refractivity contribution in [2.75, 3.05) is 29.9 Å². The van der Waals surface area contributed by atoms with Crippen molar-refractivity contribution in [1.29, 1.82) is 0 Å². The average molecular weight is 423 g/mol. The van der Waals surface area contributed by atoms with E-state index < -0.39 is 11.7 Å². The van der Waals surface area contributed by atoms with Gasteiger partial charge in [-0.1, -0.05) is 22.0 Å². The quantitative estimate of drug-likeness (QED) is 0.773. The van der Waals surface area contributed by atoms with Crippen LogP contribution in [0.3, 0.4) is 0 Å². The molecule has 2 aromatic rings. The topological polar surface area (TPSA) is 80.5 Å². The monoisotopic (exact) mass is 422 g/mol. The largest absolute Gasteiger partial charge is 0.380 e. The number of hydrogen-bond acceptors (Lipinski definition) is 5. The molecule has 2 heterocycles. The van der Waals surface area contributed by atoms with Gasteiger partial charge in [0, 0.05) is 30.3 Å². The number of amides is 1. The van der Waals surface area contributed by atoms with Crippen LogP contribution in [0.15, 0.2) is 34.9 Å². The van der Waals surface area contributed by atoms with Crippen LogP contribution in [0.4, 0.5) is 15.9 Å². The Hall–Kier alpha value is -2.19. The second-order valence-corrected chi connectivity index (χ2v) is 7.10. The minimum atomic E-state index is -0.813. The fourth-order valence-electron chi connectivity index (χ4n) is 2.90. The van der Waals surface area contributed by atoms with E-state index >= 15 is 0 Å². The highest BCUT2D eigenvalue weighted by Gasteiger charge is 2.18. The predicted octanol–water partition coefficient (Wildman–Crippen LogP) is 2.92. The summed E-state index contributed by atoms with van der Waals surface area (Å²) in [6.07, 6.45) is 1.95. The van der Waals surface area contributed by atoms with Gasteiger partial charge in [0.2, 0.25) is 0 Å². The van der Waals surface area contributed by atoms with Crippen LogP contribution in [0.5, 0.6) is 0 Å². The Morgan fingerprint density at radius 2 is 2.31 bits per heavy atom. The van der Waals surface area contributed by atoms with Gasteiger partial charge in [0.15, 0.2) is 0 Å². The van der Waals surface area contributed by atoms with Gasteiger partial charge in [-0.25, -0.2) is 9.37 Å². The molecule has 1 aromatic carbocycles. The summed E-state index contributed by atoms with van der Waals surface area (Å²) in [4.78, 5) is 18.2. The summed E-state index contributed by atoms with van der Waals surface area (Å²) in [5, 5.41) is 3.05. The smallest absolute Gasteiger partial charge is 0.253 e. The number of morpholine rings is 1. The van der Waals surface area contributed by atoms with Crippen LogP contribution in [0.25, 0.3) is 0 Å². The van der Waals surface area contributed by atoms with Gasteiger partial charge in [0.1, 0.15) is 11.6 Å². The highest BCUT2D eigenvalue weighted by atomic mass is 79.9. The van der Waals surface area contributed by atoms with Crippen molar-refractivity contribution in [2.24, 2.45) is 5.73 Å². The molecule has 0 aliphatic carbocycles. The molecule has 0 bridgehead atoms. The molecule has 1 fully saturated rings. The molecule has 26 heavy (non-hydrogen) atoms. The Bertz CT molecular complexity index is 801. The number of benzene rings is 1. The van der Waals surface area contributed by atoms with E-state index in [1.807, 2.05) is 19.1 Å². The molecule has 1 atom stereocenters. The van der Waals surface area contributed by atoms with Crippen LogP contribution < -0.4 is 16.0 Å². The molecule has 138 valence electrons. The molecule has 3 N–H and O–H groups in total. The summed E-state index contributed by atoms with van der Waals surface area (Å²) in [6, 6.07) is 6.74. The minimum Gasteiger partial charge on any atom is -0.380 e. The molecule has 0 saturated carbocycles. The van der Waals surface area contributed by atoms with Crippen LogP contribution in [-0.4, -0.2) is 36.7 Å². The Morgan fingerprint density at radius 3 is 2.96 bits per heavy atom. The van der Waals surface area contributed by atoms with Crippen LogP contribution in [0, 0.1) is 5.82 Å². The maximum absolute atomic E-state index is 14.0. The molecular formula is C18H20BrFN4O2. The van der Waals surface area contributed by atoms with Gasteiger partial charge in [0.25, 0.3) is 5.91 Å². The van der Waals surface area contributed by atoms with Gasteiger partial charge in [-0.2, -0.15) is 0 Å². The summed E-state index contributed by atoms with van der Waals surface area (Å²) >= 11 is 3.22. The number of halogens is 2. The van der Waals surface area contributed by atoms with E-state index in [4.69, 9.17) is 10.5 Å². The van der Waals surface area contributed by atoms with Crippen LogP contribution in [0.1, 0.15) is 22.8 Å². The number of pyridine rings is 1. The molecule has 1 aliphatic heterocycles. The van der Waals surface area contributed by atoms with Crippen molar-refractivity contribution < 1.29 is 13.9 Å². The zero-order chi connectivity index (χ0) is 18.7. The van der Waals surface area contributed by atoms with E-state index in [0.717, 1.165) is 24.5 Å². The predicted molar refractivity (Wildman–Crippen MR) is 102 cm³/mol. The number of ether oxygens (including phenoxy) is 1. The van der Waals surface area contributed by atoms with Crippen molar-refractivity contribution >= 4 is 33.3 Å². The number of rotatable bonds is 5. The van der Waals surface area contributed by atoms with E-state index in [9.17, 15) is 9.18 Å². The van der Waals surface area contributed by atoms with E-state index in [1.165, 1.54) is 6.07 Å². The van der Waals surface area contributed by atoms with Crippen LogP contribution >= 0.6 is 15.9 Å². The highest BCUT2D eigenvalue weighted by Crippen LogP contribution is 2.25. The SMILES string of the molecule is CC1CN(c2ccc(CNc3cc(Br)cc(F)c3C(N)=O)cn2)CCO1. The first kappa shape index (κ1) is 18.6. The summed E-state index contributed by atoms with van der Waals surface area (Å²) in [6.45, 7) is 4.75. The van der Waals surface area contributed by atoms with Crippen molar-refractivity contribution in [1.82, 2.24) is 4.98 Å². The van der Waals surface area contributed by atoms with E-state index in [0.29, 0.717) is 23.3 Å². The first-order chi connectivity index (χ1) is 12.4. The Morgan fingerprint density at radius 1 is 1.50 bits per heavy atom. The minimum absolute atomic E-state index is 0.153. The zero-order valence-corrected chi connectivity index (χ0v) is 15.9. The highest BCUT2D eigenvalue weighted by molar-refractivity contribution is 9.10. The summed E-state index contributed by atoms with van der Waals surface area (Å²) in [5.74, 6) is -0.577. The summed E-state index contributed by atoms with van der Waals surface area (Å²) < 4.78 is 20.0. The molecule has 0 spiro atoms. The Labute approximate surface area is 159 Å². The van der Waals surface area contributed by atoms with Gasteiger partial charge in [-0.3, -0.25) is 4.79 Å². The molecule has 0 radical (unpaired) electrons. The van der Waals surface area contributed by atoms with E-state index in [2.05, 4.69) is 31.1 Å². The fraction of sp³-hybridized carbons (Fsp3) is 0.333. The molecule has 1 unspecified atom stereocenters. The number of carbonyl (C=O) groups is 1. The number of primary amides is 1. The lowest BCUT2D eigenvalue weighted by atomic mass is 10.1. The van der Waals surface area contributed by atoms with Crippen LogP contribution in [-0.2, 0) is 11.3 Å². The van der Waals surface area contributed by atoms with Crippen LogP contribution in [0.2, 0.25) is 0 Å². The molecule has 6 nitrogen and oxygen atoms in total. The molecule has 1 amide bonds. The maximum Gasteiger partial charge on any atom is 0.253 e. The number of hydrogen-bond donors (Lipinski definition) is 2. The number of nitrogens with one attached hydrogen (secondary N) is 1. The second kappa shape index (κ2) is 8.01. The summed E-state index contributed by atoms with van der Waals surface area (Å²) in [7, 11) is 0. The normalized spacial score (nSPS) is 17.2. The van der Waals surface area contributed by atoms with Crippen molar-refractivity contribution in [3.8, 4) is 0 Å². The lowest BCUT2D eigenvalue weighted by Crippen LogP contribution is -2.41. The molecule has 8 heteroatoms. The van der Waals surface area contributed by atoms with Crippen molar-refractivity contribution in [3.05, 3.63) is 51.9 Å². The van der Waals surface area contributed by atoms with E-state index in [1.54, 1.807) is 12.3 Å². The molecular weight excluding hydrogens is 403 g/mol. The number of carbonyl (C=O) groups excluding carboxylic acids is 1. The summed E-state index contributed by atoms with van der Waals surface area (Å²) in [5.41, 5.74) is 6.38. The third kappa shape index (κ3) is 4.31. The molecule has 1 saturated heterocycles. The molecule has 1 aliphatic rings. The van der Waals surface area contributed by atoms with Crippen molar-refractivity contribution in [3.63, 3.8) is 0 Å². The second-order valence-electron chi connectivity index (χ2n) is 6.18. The standard InChI is InChI=1S/C18H20BrFN4O2/c1-11-10-24(4-5-26-11)16-3-2-12(9-23-16)8-22-15-7-13(19)6-14(20)17(15)18(21)25/h2-3,6-7,9,11,22H,4-5,8,10H2,1H3,(H2,21,25). The van der Waals surface area contributed by atoms with E-state index in [-0.39, 0.29) is 11.7 Å². The number of nitrogens with zero attached hydrogens (tertiary/aromatic N) is 2.